The van der Waals surface area contributed by atoms with Crippen LogP contribution in [0.4, 0.5) is 0 Å². The van der Waals surface area contributed by atoms with Crippen LogP contribution < -0.4 is 0 Å². The third-order valence-corrected chi connectivity index (χ3v) is 4.40. The van der Waals surface area contributed by atoms with E-state index in [4.69, 9.17) is 4.74 Å². The minimum Gasteiger partial charge on any atom is -0.465 e. The molecule has 3 heteroatoms. The van der Waals surface area contributed by atoms with E-state index >= 15 is 0 Å². The molecule has 0 spiro atoms. The molecule has 0 fully saturated rings. The molecule has 0 aromatic heterocycles. The molecule has 0 radical (unpaired) electrons. The van der Waals surface area contributed by atoms with E-state index in [-0.39, 0.29) is 11.9 Å². The van der Waals surface area contributed by atoms with Crippen LogP contribution in [0.2, 0.25) is 25.7 Å². The van der Waals surface area contributed by atoms with E-state index in [9.17, 15) is 4.79 Å². The van der Waals surface area contributed by atoms with E-state index in [0.717, 1.165) is 12.8 Å². The first-order chi connectivity index (χ1) is 7.22. The Bertz CT molecular complexity index is 206. The van der Waals surface area contributed by atoms with E-state index in [1.165, 1.54) is 6.04 Å². The largest absolute Gasteiger partial charge is 0.465 e. The molecule has 16 heavy (non-hydrogen) atoms. The Labute approximate surface area is 102 Å². The third kappa shape index (κ3) is 8.95. The van der Waals surface area contributed by atoms with Crippen molar-refractivity contribution >= 4 is 14.0 Å². The molecule has 1 unspecified atom stereocenters. The molecule has 0 bridgehead atoms. The van der Waals surface area contributed by atoms with Crippen LogP contribution in [0.25, 0.3) is 0 Å². The molecule has 2 nitrogen and oxygen atoms in total. The SMILES string of the molecule is CC(C)CC(C)C(=O)OCCC[Si](C)(C)C. The maximum atomic E-state index is 11.6. The lowest BCUT2D eigenvalue weighted by Crippen LogP contribution is -2.21. The fraction of sp³-hybridized carbons (Fsp3) is 0.923. The van der Waals surface area contributed by atoms with Crippen molar-refractivity contribution in [2.45, 2.75) is 59.3 Å². The average molecular weight is 244 g/mol. The Balaban J connectivity index is 3.65. The number of carbonyl (C=O) groups excluding carboxylic acids is 1. The van der Waals surface area contributed by atoms with Crippen LogP contribution in [0, 0.1) is 11.8 Å². The summed E-state index contributed by atoms with van der Waals surface area (Å²) in [5.41, 5.74) is 0. The third-order valence-electron chi connectivity index (χ3n) is 2.54. The highest BCUT2D eigenvalue weighted by atomic mass is 28.3. The zero-order valence-electron chi connectivity index (χ0n) is 11.8. The van der Waals surface area contributed by atoms with Crippen molar-refractivity contribution in [2.75, 3.05) is 6.61 Å². The van der Waals surface area contributed by atoms with E-state index < -0.39 is 8.07 Å². The van der Waals surface area contributed by atoms with Crippen molar-refractivity contribution < 1.29 is 9.53 Å². The molecule has 0 aliphatic rings. The van der Waals surface area contributed by atoms with Gasteiger partial charge in [-0.15, -0.1) is 0 Å². The van der Waals surface area contributed by atoms with Gasteiger partial charge < -0.3 is 4.74 Å². The van der Waals surface area contributed by atoms with Crippen molar-refractivity contribution in [3.63, 3.8) is 0 Å². The summed E-state index contributed by atoms with van der Waals surface area (Å²) in [4.78, 5) is 11.6. The average Bonchev–Trinajstić information content (AvgIpc) is 2.09. The molecule has 96 valence electrons. The number of rotatable bonds is 7. The molecule has 0 N–H and O–H groups in total. The zero-order valence-corrected chi connectivity index (χ0v) is 12.8. The lowest BCUT2D eigenvalue weighted by molar-refractivity contribution is -0.148. The fourth-order valence-corrected chi connectivity index (χ4v) is 2.93. The second-order valence-electron chi connectivity index (χ2n) is 6.36. The number of carbonyl (C=O) groups is 1. The van der Waals surface area contributed by atoms with Crippen LogP contribution in [0.1, 0.15) is 33.6 Å². The van der Waals surface area contributed by atoms with Gasteiger partial charge in [-0.3, -0.25) is 4.79 Å². The lowest BCUT2D eigenvalue weighted by Gasteiger charge is -2.16. The Hall–Kier alpha value is -0.313. The van der Waals surface area contributed by atoms with Gasteiger partial charge in [-0.1, -0.05) is 46.5 Å². The van der Waals surface area contributed by atoms with Gasteiger partial charge in [0.1, 0.15) is 0 Å². The van der Waals surface area contributed by atoms with Crippen molar-refractivity contribution in [1.29, 1.82) is 0 Å². The summed E-state index contributed by atoms with van der Waals surface area (Å²) in [6.45, 7) is 13.9. The molecule has 1 atom stereocenters. The van der Waals surface area contributed by atoms with Crippen molar-refractivity contribution in [1.82, 2.24) is 0 Å². The summed E-state index contributed by atoms with van der Waals surface area (Å²) in [6.07, 6.45) is 1.95. The Morgan fingerprint density at radius 1 is 1.19 bits per heavy atom. The second kappa shape index (κ2) is 7.10. The topological polar surface area (TPSA) is 26.3 Å². The number of hydrogen-bond acceptors (Lipinski definition) is 2. The molecule has 0 saturated heterocycles. The van der Waals surface area contributed by atoms with E-state index in [1.54, 1.807) is 0 Å². The molecular formula is C13H28O2Si. The Morgan fingerprint density at radius 2 is 1.75 bits per heavy atom. The molecule has 0 aliphatic carbocycles. The monoisotopic (exact) mass is 244 g/mol. The minimum atomic E-state index is -0.974. The van der Waals surface area contributed by atoms with Gasteiger partial charge >= 0.3 is 5.97 Å². The van der Waals surface area contributed by atoms with Crippen LogP contribution >= 0.6 is 0 Å². The first-order valence-corrected chi connectivity index (χ1v) is 10.1. The first kappa shape index (κ1) is 15.7. The summed E-state index contributed by atoms with van der Waals surface area (Å²) in [7, 11) is -0.974. The minimum absolute atomic E-state index is 0.0238. The lowest BCUT2D eigenvalue weighted by atomic mass is 9.99. The summed E-state index contributed by atoms with van der Waals surface area (Å²) < 4.78 is 5.28. The summed E-state index contributed by atoms with van der Waals surface area (Å²) in [5.74, 6) is 0.584. The molecule has 0 saturated carbocycles. The van der Waals surface area contributed by atoms with Gasteiger partial charge in [-0.2, -0.15) is 0 Å². The smallest absolute Gasteiger partial charge is 0.308 e. The Kier molecular flexibility index (Phi) is 6.96. The normalized spacial score (nSPS) is 13.9. The van der Waals surface area contributed by atoms with Crippen molar-refractivity contribution in [3.05, 3.63) is 0 Å². The summed E-state index contributed by atoms with van der Waals surface area (Å²) >= 11 is 0. The maximum Gasteiger partial charge on any atom is 0.308 e. The number of esters is 1. The van der Waals surface area contributed by atoms with Crippen LogP contribution in [0.15, 0.2) is 0 Å². The molecule has 0 aromatic carbocycles. The highest BCUT2D eigenvalue weighted by Gasteiger charge is 2.16. The van der Waals surface area contributed by atoms with Gasteiger partial charge in [0.2, 0.25) is 0 Å². The van der Waals surface area contributed by atoms with Gasteiger partial charge in [-0.05, 0) is 18.8 Å². The molecule has 0 amide bonds. The molecule has 0 aliphatic heterocycles. The van der Waals surface area contributed by atoms with E-state index in [2.05, 4.69) is 33.5 Å². The predicted molar refractivity (Wildman–Crippen MR) is 72.3 cm³/mol. The highest BCUT2D eigenvalue weighted by molar-refractivity contribution is 6.76. The highest BCUT2D eigenvalue weighted by Crippen LogP contribution is 2.14. The van der Waals surface area contributed by atoms with Gasteiger partial charge in [0.05, 0.1) is 12.5 Å². The number of hydrogen-bond donors (Lipinski definition) is 0. The van der Waals surface area contributed by atoms with Gasteiger partial charge in [0.25, 0.3) is 0 Å². The molecular weight excluding hydrogens is 216 g/mol. The fourth-order valence-electron chi connectivity index (χ4n) is 1.72. The van der Waals surface area contributed by atoms with E-state index in [1.807, 2.05) is 6.92 Å². The van der Waals surface area contributed by atoms with Crippen molar-refractivity contribution in [3.8, 4) is 0 Å². The van der Waals surface area contributed by atoms with Gasteiger partial charge in [-0.25, -0.2) is 0 Å². The molecule has 0 aromatic rings. The zero-order chi connectivity index (χ0) is 12.8. The first-order valence-electron chi connectivity index (χ1n) is 6.39. The van der Waals surface area contributed by atoms with Crippen LogP contribution in [0.5, 0.6) is 0 Å². The van der Waals surface area contributed by atoms with Crippen LogP contribution in [-0.2, 0) is 9.53 Å². The Morgan fingerprint density at radius 3 is 2.19 bits per heavy atom. The van der Waals surface area contributed by atoms with Gasteiger partial charge in [0, 0.05) is 8.07 Å². The maximum absolute atomic E-state index is 11.6. The summed E-state index contributed by atoms with van der Waals surface area (Å²) in [5, 5.41) is 0. The van der Waals surface area contributed by atoms with Crippen LogP contribution in [0.3, 0.4) is 0 Å². The standard InChI is InChI=1S/C13H28O2Si/c1-11(2)10-12(3)13(14)15-8-7-9-16(4,5)6/h11-12H,7-10H2,1-6H3. The molecule has 0 rings (SSSR count). The quantitative estimate of drug-likeness (QED) is 0.385. The predicted octanol–water partition coefficient (Wildman–Crippen LogP) is 3.94. The van der Waals surface area contributed by atoms with Crippen LogP contribution in [-0.4, -0.2) is 20.7 Å². The second-order valence-corrected chi connectivity index (χ2v) is 12.0. The van der Waals surface area contributed by atoms with E-state index in [0.29, 0.717) is 12.5 Å². The summed E-state index contributed by atoms with van der Waals surface area (Å²) in [6, 6.07) is 1.23. The van der Waals surface area contributed by atoms with Gasteiger partial charge in [0.15, 0.2) is 0 Å². The van der Waals surface area contributed by atoms with Crippen molar-refractivity contribution in [2.24, 2.45) is 11.8 Å². The number of ether oxygens (including phenoxy) is 1. The molecule has 0 heterocycles.